The van der Waals surface area contributed by atoms with Crippen LogP contribution in [0.1, 0.15) is 38.5 Å². The zero-order chi connectivity index (χ0) is 18.9. The molecule has 0 atom stereocenters. The number of ether oxygens (including phenoxy) is 1. The Morgan fingerprint density at radius 2 is 1.68 bits per heavy atom. The van der Waals surface area contributed by atoms with E-state index in [-0.39, 0.29) is 0 Å². The van der Waals surface area contributed by atoms with Crippen LogP contribution in [0, 0.1) is 4.77 Å². The van der Waals surface area contributed by atoms with Gasteiger partial charge in [0.1, 0.15) is 0 Å². The number of benzene rings is 1. The van der Waals surface area contributed by atoms with E-state index in [9.17, 15) is 0 Å². The highest BCUT2D eigenvalue weighted by atomic mass is 32.1. The summed E-state index contributed by atoms with van der Waals surface area (Å²) < 4.78 is 10.5. The summed E-state index contributed by atoms with van der Waals surface area (Å²) in [5, 5.41) is 5.04. The number of hydrogen-bond acceptors (Lipinski definition) is 5. The van der Waals surface area contributed by atoms with Gasteiger partial charge in [-0.2, -0.15) is 0 Å². The Kier molecular flexibility index (Phi) is 5.22. The maximum absolute atomic E-state index is 5.94. The topological polar surface area (TPSA) is 38.5 Å². The summed E-state index contributed by atoms with van der Waals surface area (Å²) in [5.74, 6) is 0.946. The molecule has 2 aromatic rings. The van der Waals surface area contributed by atoms with E-state index in [4.69, 9.17) is 22.1 Å². The number of anilines is 1. The van der Waals surface area contributed by atoms with Crippen molar-refractivity contribution < 1.29 is 4.74 Å². The number of rotatable bonds is 6. The van der Waals surface area contributed by atoms with E-state index in [1.54, 1.807) is 0 Å². The predicted molar refractivity (Wildman–Crippen MR) is 113 cm³/mol. The zero-order valence-electron chi connectivity index (χ0n) is 16.4. The first kappa shape index (κ1) is 18.3. The van der Waals surface area contributed by atoms with Gasteiger partial charge in [-0.15, -0.1) is 5.10 Å². The van der Waals surface area contributed by atoms with Crippen molar-refractivity contribution in [3.05, 3.63) is 35.1 Å². The van der Waals surface area contributed by atoms with Crippen molar-refractivity contribution in [1.82, 2.24) is 19.2 Å². The second-order valence-corrected chi connectivity index (χ2v) is 8.54. The molecule has 0 spiro atoms. The number of nitrogens with zero attached hydrogens (tertiary/aromatic N) is 5. The van der Waals surface area contributed by atoms with Gasteiger partial charge in [0.05, 0.1) is 25.6 Å². The Morgan fingerprint density at radius 1 is 1.00 bits per heavy atom. The molecule has 150 valence electrons. The molecule has 6 nitrogen and oxygen atoms in total. The largest absolute Gasteiger partial charge is 0.378 e. The molecule has 2 aliphatic carbocycles. The fourth-order valence-electron chi connectivity index (χ4n) is 4.59. The monoisotopic (exact) mass is 399 g/mol. The summed E-state index contributed by atoms with van der Waals surface area (Å²) in [6.07, 6.45) is 7.99. The fourth-order valence-corrected chi connectivity index (χ4v) is 4.87. The van der Waals surface area contributed by atoms with Crippen molar-refractivity contribution in [2.75, 3.05) is 31.2 Å². The molecule has 2 saturated carbocycles. The maximum atomic E-state index is 5.94. The molecule has 5 rings (SSSR count). The summed E-state index contributed by atoms with van der Waals surface area (Å²) in [7, 11) is 0. The molecule has 0 bridgehead atoms. The second-order valence-electron chi connectivity index (χ2n) is 8.18. The van der Waals surface area contributed by atoms with Crippen molar-refractivity contribution in [2.24, 2.45) is 0 Å². The van der Waals surface area contributed by atoms with Crippen LogP contribution in [-0.4, -0.2) is 57.6 Å². The van der Waals surface area contributed by atoms with Crippen LogP contribution < -0.4 is 4.90 Å². The SMILES string of the molecule is S=c1n(CN(C2CCCC2)C2CC2)nc(N2CCOCC2)n1-c1ccccc1. The van der Waals surface area contributed by atoms with Gasteiger partial charge in [-0.05, 0) is 50.0 Å². The summed E-state index contributed by atoms with van der Waals surface area (Å²) >= 11 is 5.94. The lowest BCUT2D eigenvalue weighted by Gasteiger charge is -2.28. The number of hydrogen-bond donors (Lipinski definition) is 0. The molecule has 2 heterocycles. The number of aromatic nitrogens is 3. The Balaban J connectivity index is 1.51. The molecule has 3 aliphatic rings. The van der Waals surface area contributed by atoms with E-state index in [2.05, 4.69) is 43.3 Å². The van der Waals surface area contributed by atoms with Crippen molar-refractivity contribution in [3.63, 3.8) is 0 Å². The Hall–Kier alpha value is -1.70. The smallest absolute Gasteiger partial charge is 0.230 e. The van der Waals surface area contributed by atoms with Gasteiger partial charge in [0.15, 0.2) is 0 Å². The molecule has 0 amide bonds. The second kappa shape index (κ2) is 7.97. The molecule has 28 heavy (non-hydrogen) atoms. The van der Waals surface area contributed by atoms with E-state index >= 15 is 0 Å². The van der Waals surface area contributed by atoms with Crippen LogP contribution in [0.4, 0.5) is 5.95 Å². The minimum atomic E-state index is 0.697. The van der Waals surface area contributed by atoms with E-state index in [0.717, 1.165) is 55.4 Å². The first-order valence-electron chi connectivity index (χ1n) is 10.6. The van der Waals surface area contributed by atoms with Crippen LogP contribution in [0.3, 0.4) is 0 Å². The Morgan fingerprint density at radius 3 is 2.36 bits per heavy atom. The van der Waals surface area contributed by atoms with Gasteiger partial charge in [0.2, 0.25) is 10.7 Å². The van der Waals surface area contributed by atoms with Gasteiger partial charge in [-0.1, -0.05) is 31.0 Å². The van der Waals surface area contributed by atoms with E-state index in [1.807, 2.05) is 6.07 Å². The number of para-hydroxylation sites is 1. The van der Waals surface area contributed by atoms with Gasteiger partial charge >= 0.3 is 0 Å². The van der Waals surface area contributed by atoms with Crippen LogP contribution in [0.15, 0.2) is 30.3 Å². The first-order chi connectivity index (χ1) is 13.8. The predicted octanol–water partition coefficient (Wildman–Crippen LogP) is 3.60. The Bertz CT molecular complexity index is 847. The van der Waals surface area contributed by atoms with E-state index < -0.39 is 0 Å². The molecule has 0 radical (unpaired) electrons. The average Bonchev–Trinajstić information content (AvgIpc) is 3.33. The van der Waals surface area contributed by atoms with Gasteiger partial charge in [0.25, 0.3) is 0 Å². The summed E-state index contributed by atoms with van der Waals surface area (Å²) in [4.78, 5) is 4.98. The highest BCUT2D eigenvalue weighted by Crippen LogP contribution is 2.35. The molecule has 1 saturated heterocycles. The van der Waals surface area contributed by atoms with Crippen LogP contribution >= 0.6 is 12.2 Å². The quantitative estimate of drug-likeness (QED) is 0.694. The van der Waals surface area contributed by atoms with E-state index in [1.165, 1.54) is 38.5 Å². The van der Waals surface area contributed by atoms with Crippen LogP contribution in [-0.2, 0) is 11.4 Å². The third-order valence-electron chi connectivity index (χ3n) is 6.24. The maximum Gasteiger partial charge on any atom is 0.230 e. The van der Waals surface area contributed by atoms with Crippen LogP contribution in [0.2, 0.25) is 0 Å². The molecule has 1 aromatic heterocycles. The summed E-state index contributed by atoms with van der Waals surface area (Å²) in [6.45, 7) is 4.00. The lowest BCUT2D eigenvalue weighted by atomic mass is 10.2. The Labute approximate surface area is 171 Å². The molecular weight excluding hydrogens is 370 g/mol. The summed E-state index contributed by atoms with van der Waals surface area (Å²) in [6, 6.07) is 11.8. The molecule has 1 aliphatic heterocycles. The highest BCUT2D eigenvalue weighted by Gasteiger charge is 2.36. The van der Waals surface area contributed by atoms with Gasteiger partial charge in [0, 0.05) is 25.2 Å². The van der Waals surface area contributed by atoms with Crippen molar-refractivity contribution in [3.8, 4) is 5.69 Å². The third-order valence-corrected chi connectivity index (χ3v) is 6.63. The van der Waals surface area contributed by atoms with E-state index in [0.29, 0.717) is 6.04 Å². The molecule has 7 heteroatoms. The van der Waals surface area contributed by atoms with Crippen molar-refractivity contribution in [1.29, 1.82) is 0 Å². The first-order valence-corrected chi connectivity index (χ1v) is 11.1. The lowest BCUT2D eigenvalue weighted by Crippen LogP contribution is -2.38. The fraction of sp³-hybridized carbons (Fsp3) is 0.619. The molecule has 1 aromatic carbocycles. The minimum absolute atomic E-state index is 0.697. The third kappa shape index (κ3) is 3.63. The minimum Gasteiger partial charge on any atom is -0.378 e. The van der Waals surface area contributed by atoms with Crippen molar-refractivity contribution >= 4 is 18.2 Å². The van der Waals surface area contributed by atoms with Crippen LogP contribution in [0.25, 0.3) is 5.69 Å². The highest BCUT2D eigenvalue weighted by molar-refractivity contribution is 7.71. The zero-order valence-corrected chi connectivity index (χ0v) is 17.2. The van der Waals surface area contributed by atoms with Gasteiger partial charge in [-0.3, -0.25) is 9.47 Å². The standard InChI is InChI=1S/C21H29N5OS/c28-21-25(16-24(18-10-11-18)17-6-4-5-7-17)22-20(23-12-14-27-15-13-23)26(21)19-8-2-1-3-9-19/h1-3,8-9,17-18H,4-7,10-16H2. The molecular formula is C21H29N5OS. The molecule has 0 unspecified atom stereocenters. The number of morpholine rings is 1. The van der Waals surface area contributed by atoms with Crippen LogP contribution in [0.5, 0.6) is 0 Å². The van der Waals surface area contributed by atoms with Crippen molar-refractivity contribution in [2.45, 2.75) is 57.3 Å². The van der Waals surface area contributed by atoms with Gasteiger partial charge in [-0.25, -0.2) is 4.68 Å². The molecule has 3 fully saturated rings. The molecule has 0 N–H and O–H groups in total. The summed E-state index contributed by atoms with van der Waals surface area (Å²) in [5.41, 5.74) is 1.08. The lowest BCUT2D eigenvalue weighted by molar-refractivity contribution is 0.121. The van der Waals surface area contributed by atoms with Gasteiger partial charge < -0.3 is 9.64 Å². The normalized spacial score (nSPS) is 21.0. The average molecular weight is 400 g/mol.